The van der Waals surface area contributed by atoms with Gasteiger partial charge in [-0.25, -0.2) is 0 Å². The van der Waals surface area contributed by atoms with E-state index in [0.29, 0.717) is 0 Å². The molecule has 6 heteroatoms. The quantitative estimate of drug-likeness (QED) is 0.463. The molecule has 0 heterocycles. The van der Waals surface area contributed by atoms with Gasteiger partial charge in [0.1, 0.15) is 0 Å². The van der Waals surface area contributed by atoms with E-state index in [9.17, 15) is 0 Å². The normalized spacial score (nSPS) is 11.6. The van der Waals surface area contributed by atoms with Gasteiger partial charge in [0.05, 0.1) is 5.38 Å². The number of hydrogen-bond donors (Lipinski definition) is 0. The SMILES string of the molecule is C=CSCCSC[Si](OC)(OC)OC. The summed E-state index contributed by atoms with van der Waals surface area (Å²) in [6, 6.07) is 0. The fourth-order valence-corrected chi connectivity index (χ4v) is 5.33. The molecule has 0 aliphatic carbocycles. The van der Waals surface area contributed by atoms with Gasteiger partial charge in [0.15, 0.2) is 0 Å². The van der Waals surface area contributed by atoms with Gasteiger partial charge in [-0.3, -0.25) is 0 Å². The highest BCUT2D eigenvalue weighted by atomic mass is 32.2. The van der Waals surface area contributed by atoms with Crippen molar-refractivity contribution in [1.29, 1.82) is 0 Å². The topological polar surface area (TPSA) is 27.7 Å². The molecule has 0 aliphatic heterocycles. The lowest BCUT2D eigenvalue weighted by Crippen LogP contribution is -2.46. The van der Waals surface area contributed by atoms with E-state index >= 15 is 0 Å². The molecule has 0 unspecified atom stereocenters. The zero-order valence-corrected chi connectivity index (χ0v) is 11.6. The maximum Gasteiger partial charge on any atom is 0.510 e. The van der Waals surface area contributed by atoms with Crippen LogP contribution in [0.5, 0.6) is 0 Å². The minimum absolute atomic E-state index is 0.800. The van der Waals surface area contributed by atoms with E-state index in [2.05, 4.69) is 6.58 Å². The maximum atomic E-state index is 5.29. The summed E-state index contributed by atoms with van der Waals surface area (Å²) < 4.78 is 15.9. The lowest BCUT2D eigenvalue weighted by Gasteiger charge is -2.23. The maximum absolute atomic E-state index is 5.29. The zero-order valence-electron chi connectivity index (χ0n) is 8.95. The van der Waals surface area contributed by atoms with Gasteiger partial charge in [0.2, 0.25) is 0 Å². The number of rotatable bonds is 9. The molecule has 84 valence electrons. The minimum Gasteiger partial charge on any atom is -0.376 e. The third kappa shape index (κ3) is 5.43. The second-order valence-corrected chi connectivity index (χ2v) is 8.02. The van der Waals surface area contributed by atoms with Gasteiger partial charge in [0.25, 0.3) is 0 Å². The first-order valence-corrected chi connectivity index (χ1v) is 8.34. The summed E-state index contributed by atoms with van der Waals surface area (Å²) in [5.74, 6) is 2.12. The lowest BCUT2D eigenvalue weighted by molar-refractivity contribution is 0.130. The molecule has 0 amide bonds. The van der Waals surface area contributed by atoms with Crippen molar-refractivity contribution in [2.45, 2.75) is 0 Å². The van der Waals surface area contributed by atoms with Gasteiger partial charge < -0.3 is 13.3 Å². The van der Waals surface area contributed by atoms with E-state index in [4.69, 9.17) is 13.3 Å². The summed E-state index contributed by atoms with van der Waals surface area (Å²) in [6.45, 7) is 3.64. The van der Waals surface area contributed by atoms with Crippen LogP contribution in [0.2, 0.25) is 0 Å². The fraction of sp³-hybridized carbons (Fsp3) is 0.750. The smallest absolute Gasteiger partial charge is 0.376 e. The zero-order chi connectivity index (χ0) is 10.9. The molecule has 0 aromatic heterocycles. The Bertz CT molecular complexity index is 145. The molecule has 0 rings (SSSR count). The second-order valence-electron chi connectivity index (χ2n) is 2.39. The molecule has 0 fully saturated rings. The molecule has 0 radical (unpaired) electrons. The van der Waals surface area contributed by atoms with Crippen molar-refractivity contribution >= 4 is 32.3 Å². The monoisotopic (exact) mass is 254 g/mol. The Morgan fingerprint density at radius 1 is 1.14 bits per heavy atom. The summed E-state index contributed by atoms with van der Waals surface area (Å²) in [7, 11) is 2.56. The number of hydrogen-bond acceptors (Lipinski definition) is 5. The second kappa shape index (κ2) is 8.81. The van der Waals surface area contributed by atoms with Crippen molar-refractivity contribution in [3.05, 3.63) is 12.0 Å². The molecule has 0 N–H and O–H groups in total. The fourth-order valence-electron chi connectivity index (χ4n) is 0.814. The average Bonchev–Trinajstić information content (AvgIpc) is 2.24. The molecule has 0 atom stereocenters. The molecule has 0 aromatic carbocycles. The van der Waals surface area contributed by atoms with E-state index in [-0.39, 0.29) is 0 Å². The average molecular weight is 254 g/mol. The highest BCUT2D eigenvalue weighted by Gasteiger charge is 2.37. The minimum atomic E-state index is -2.35. The van der Waals surface area contributed by atoms with Crippen LogP contribution < -0.4 is 0 Å². The van der Waals surface area contributed by atoms with Crippen LogP contribution in [0.15, 0.2) is 12.0 Å². The van der Waals surface area contributed by atoms with Gasteiger partial charge in [0, 0.05) is 32.8 Å². The molecule has 3 nitrogen and oxygen atoms in total. The van der Waals surface area contributed by atoms with Crippen molar-refractivity contribution < 1.29 is 13.3 Å². The van der Waals surface area contributed by atoms with Gasteiger partial charge in [-0.05, 0) is 5.41 Å². The molecule has 14 heavy (non-hydrogen) atoms. The standard InChI is InChI=1S/C8H18O3S2Si/c1-5-12-6-7-13-8-14(9-2,10-3)11-4/h5H,1,6-8H2,2-4H3. The highest BCUT2D eigenvalue weighted by Crippen LogP contribution is 2.15. The van der Waals surface area contributed by atoms with E-state index < -0.39 is 8.80 Å². The van der Waals surface area contributed by atoms with Crippen LogP contribution in [0.4, 0.5) is 0 Å². The Balaban J connectivity index is 3.65. The summed E-state index contributed by atoms with van der Waals surface area (Å²) >= 11 is 3.51. The van der Waals surface area contributed by atoms with E-state index in [1.807, 2.05) is 5.41 Å². The Kier molecular flexibility index (Phi) is 9.15. The van der Waals surface area contributed by atoms with Gasteiger partial charge >= 0.3 is 8.80 Å². The summed E-state index contributed by atoms with van der Waals surface area (Å²) in [6.07, 6.45) is 0. The largest absolute Gasteiger partial charge is 0.510 e. The lowest BCUT2D eigenvalue weighted by atomic mass is 11.0. The van der Waals surface area contributed by atoms with Crippen LogP contribution in [0.3, 0.4) is 0 Å². The predicted molar refractivity (Wildman–Crippen MR) is 66.8 cm³/mol. The molecule has 0 bridgehead atoms. The Morgan fingerprint density at radius 3 is 2.14 bits per heavy atom. The number of thioether (sulfide) groups is 2. The third-order valence-electron chi connectivity index (χ3n) is 1.68. The van der Waals surface area contributed by atoms with Gasteiger partial charge in [-0.1, -0.05) is 6.58 Å². The van der Waals surface area contributed by atoms with E-state index in [1.165, 1.54) is 0 Å². The van der Waals surface area contributed by atoms with Crippen molar-refractivity contribution in [3.8, 4) is 0 Å². The van der Waals surface area contributed by atoms with E-state index in [1.54, 1.807) is 44.9 Å². The summed E-state index contributed by atoms with van der Waals surface area (Å²) in [5.41, 5.74) is 0. The summed E-state index contributed by atoms with van der Waals surface area (Å²) in [5, 5.41) is 2.66. The molecule has 0 aromatic rings. The highest BCUT2D eigenvalue weighted by molar-refractivity contribution is 8.05. The predicted octanol–water partition coefficient (Wildman–Crippen LogP) is 2.01. The Labute approximate surface area is 95.9 Å². The van der Waals surface area contributed by atoms with E-state index in [0.717, 1.165) is 16.9 Å². The van der Waals surface area contributed by atoms with Crippen molar-refractivity contribution in [2.24, 2.45) is 0 Å². The molecule has 0 spiro atoms. The third-order valence-corrected chi connectivity index (χ3v) is 7.20. The van der Waals surface area contributed by atoms with Crippen molar-refractivity contribution in [2.75, 3.05) is 38.2 Å². The van der Waals surface area contributed by atoms with Gasteiger partial charge in [-0.15, -0.1) is 11.8 Å². The van der Waals surface area contributed by atoms with Crippen LogP contribution in [0, 0.1) is 0 Å². The molecule has 0 saturated heterocycles. The first-order chi connectivity index (χ1) is 6.74. The van der Waals surface area contributed by atoms with Crippen molar-refractivity contribution in [1.82, 2.24) is 0 Å². The van der Waals surface area contributed by atoms with Crippen LogP contribution in [-0.4, -0.2) is 47.0 Å². The van der Waals surface area contributed by atoms with Crippen LogP contribution in [0.1, 0.15) is 0 Å². The molecular formula is C8H18O3S2Si. The molecule has 0 aliphatic rings. The van der Waals surface area contributed by atoms with Crippen molar-refractivity contribution in [3.63, 3.8) is 0 Å². The first kappa shape index (κ1) is 14.5. The Morgan fingerprint density at radius 2 is 1.71 bits per heavy atom. The van der Waals surface area contributed by atoms with Crippen LogP contribution in [-0.2, 0) is 13.3 Å². The molecular weight excluding hydrogens is 236 g/mol. The first-order valence-electron chi connectivity index (χ1n) is 4.20. The Hall–Kier alpha value is 0.537. The van der Waals surface area contributed by atoms with Crippen LogP contribution in [0.25, 0.3) is 0 Å². The molecule has 0 saturated carbocycles. The van der Waals surface area contributed by atoms with Gasteiger partial charge in [-0.2, -0.15) is 11.8 Å². The summed E-state index contributed by atoms with van der Waals surface area (Å²) in [4.78, 5) is 0. The van der Waals surface area contributed by atoms with Crippen LogP contribution >= 0.6 is 23.5 Å².